The van der Waals surface area contributed by atoms with Gasteiger partial charge in [-0.25, -0.2) is 10.9 Å². The van der Waals surface area contributed by atoms with Gasteiger partial charge in [0.15, 0.2) is 6.23 Å². The lowest BCUT2D eigenvalue weighted by Crippen LogP contribution is -2.41. The summed E-state index contributed by atoms with van der Waals surface area (Å²) in [5.74, 6) is 0.672. The summed E-state index contributed by atoms with van der Waals surface area (Å²) in [6.45, 7) is 0. The molecule has 1 fully saturated rings. The lowest BCUT2D eigenvalue weighted by Gasteiger charge is -2.36. The van der Waals surface area contributed by atoms with Gasteiger partial charge in [0.25, 0.3) is 0 Å². The number of hydrazine groups is 1. The summed E-state index contributed by atoms with van der Waals surface area (Å²) in [7, 11) is 1.67. The highest BCUT2D eigenvalue weighted by Gasteiger charge is 2.49. The van der Waals surface area contributed by atoms with Gasteiger partial charge >= 0.3 is 0 Å². The minimum atomic E-state index is -0.349. The topological polar surface area (TPSA) is 92.3 Å². The van der Waals surface area contributed by atoms with Gasteiger partial charge in [-0.15, -0.1) is 0 Å². The summed E-state index contributed by atoms with van der Waals surface area (Å²) >= 11 is 0. The molecule has 2 aliphatic rings. The zero-order valence-corrected chi connectivity index (χ0v) is 16.5. The molecule has 0 saturated carbocycles. The molecule has 0 aliphatic carbocycles. The Labute approximate surface area is 174 Å². The van der Waals surface area contributed by atoms with E-state index in [-0.39, 0.29) is 30.0 Å². The van der Waals surface area contributed by atoms with Crippen LogP contribution in [0.25, 0.3) is 10.8 Å². The number of ether oxygens (including phenoxy) is 2. The van der Waals surface area contributed by atoms with E-state index in [2.05, 4.69) is 35.1 Å². The molecule has 0 amide bonds. The molecular formula is C24H22N4O2. The van der Waals surface area contributed by atoms with Crippen molar-refractivity contribution in [3.63, 3.8) is 0 Å². The van der Waals surface area contributed by atoms with Crippen molar-refractivity contribution in [1.82, 2.24) is 10.9 Å². The predicted octanol–water partition coefficient (Wildman–Crippen LogP) is 3.45. The Hall–Kier alpha value is -3.53. The van der Waals surface area contributed by atoms with Crippen LogP contribution in [0.2, 0.25) is 0 Å². The largest absolute Gasteiger partial charge is 0.496 e. The van der Waals surface area contributed by atoms with E-state index in [4.69, 9.17) is 15.2 Å². The van der Waals surface area contributed by atoms with Crippen molar-refractivity contribution in [1.29, 1.82) is 5.26 Å². The lowest BCUT2D eigenvalue weighted by molar-refractivity contribution is 0.0342. The molecule has 4 N–H and O–H groups in total. The van der Waals surface area contributed by atoms with Crippen molar-refractivity contribution in [3.8, 4) is 11.8 Å². The average Bonchev–Trinajstić information content (AvgIpc) is 3.21. The van der Waals surface area contributed by atoms with Crippen LogP contribution >= 0.6 is 0 Å². The van der Waals surface area contributed by atoms with Crippen LogP contribution in [0.1, 0.15) is 23.1 Å². The molecule has 0 spiro atoms. The molecule has 0 aromatic heterocycles. The van der Waals surface area contributed by atoms with Gasteiger partial charge in [0.05, 0.1) is 18.7 Å². The molecule has 6 nitrogen and oxygen atoms in total. The molecule has 5 rings (SSSR count). The van der Waals surface area contributed by atoms with Gasteiger partial charge in [-0.1, -0.05) is 60.7 Å². The van der Waals surface area contributed by atoms with Crippen LogP contribution in [0.4, 0.5) is 0 Å². The van der Waals surface area contributed by atoms with Gasteiger partial charge in [0.1, 0.15) is 11.8 Å². The second-order valence-electron chi connectivity index (χ2n) is 7.56. The summed E-state index contributed by atoms with van der Waals surface area (Å²) in [5.41, 5.74) is 15.4. The molecule has 2 aliphatic heterocycles. The van der Waals surface area contributed by atoms with Crippen LogP contribution < -0.4 is 21.3 Å². The summed E-state index contributed by atoms with van der Waals surface area (Å²) in [5, 5.41) is 12.1. The van der Waals surface area contributed by atoms with E-state index in [1.165, 1.54) is 0 Å². The number of nitriles is 1. The van der Waals surface area contributed by atoms with Crippen LogP contribution in [-0.2, 0) is 4.74 Å². The van der Waals surface area contributed by atoms with Gasteiger partial charge < -0.3 is 15.2 Å². The number of nitrogens with one attached hydrogen (secondary N) is 2. The Bertz CT molecular complexity index is 1170. The molecule has 6 heteroatoms. The summed E-state index contributed by atoms with van der Waals surface area (Å²) < 4.78 is 11.5. The van der Waals surface area contributed by atoms with E-state index < -0.39 is 0 Å². The highest BCUT2D eigenvalue weighted by Crippen LogP contribution is 2.49. The number of rotatable bonds is 3. The number of nitrogens with zero attached hydrogens (tertiary/aromatic N) is 1. The first-order chi connectivity index (χ1) is 14.7. The van der Waals surface area contributed by atoms with Gasteiger partial charge in [-0.3, -0.25) is 0 Å². The minimum Gasteiger partial charge on any atom is -0.496 e. The lowest BCUT2D eigenvalue weighted by atomic mass is 9.73. The van der Waals surface area contributed by atoms with Crippen molar-refractivity contribution < 1.29 is 9.47 Å². The van der Waals surface area contributed by atoms with Gasteiger partial charge in [0, 0.05) is 17.2 Å². The maximum Gasteiger partial charge on any atom is 0.200 e. The average molecular weight is 398 g/mol. The fourth-order valence-electron chi connectivity index (χ4n) is 4.76. The SMILES string of the molecule is COc1ccc(C2C(C#N)=C(N)OC3NNC(c4ccccc4)C32)c2ccccc12. The number of fused-ring (bicyclic) bond motifs is 2. The Balaban J connectivity index is 1.73. The van der Waals surface area contributed by atoms with Crippen molar-refractivity contribution in [2.75, 3.05) is 7.11 Å². The summed E-state index contributed by atoms with van der Waals surface area (Å²) in [4.78, 5) is 0. The Morgan fingerprint density at radius 3 is 2.43 bits per heavy atom. The second kappa shape index (κ2) is 7.38. The van der Waals surface area contributed by atoms with Gasteiger partial charge in [0.2, 0.25) is 5.88 Å². The molecule has 4 atom stereocenters. The molecule has 4 unspecified atom stereocenters. The van der Waals surface area contributed by atoms with E-state index in [0.717, 1.165) is 27.6 Å². The quantitative estimate of drug-likeness (QED) is 0.626. The standard InChI is InChI=1S/C24H22N4O2/c1-29-19-12-11-17(15-9-5-6-10-16(15)19)20-18(13-25)23(26)30-24-21(20)22(27-28-24)14-7-3-2-4-8-14/h2-12,20-22,24,27-28H,26H2,1H3. The normalized spacial score (nSPS) is 25.5. The molecule has 1 saturated heterocycles. The number of nitrogens with two attached hydrogens (primary N) is 1. The number of hydrogen-bond acceptors (Lipinski definition) is 6. The van der Waals surface area contributed by atoms with Crippen LogP contribution in [0, 0.1) is 17.2 Å². The van der Waals surface area contributed by atoms with E-state index in [1.54, 1.807) is 7.11 Å². The fourth-order valence-corrected chi connectivity index (χ4v) is 4.76. The Morgan fingerprint density at radius 1 is 0.967 bits per heavy atom. The molecule has 0 radical (unpaired) electrons. The number of methoxy groups -OCH3 is 1. The zero-order chi connectivity index (χ0) is 20.7. The van der Waals surface area contributed by atoms with Gasteiger partial charge in [-0.05, 0) is 22.6 Å². The molecule has 3 aromatic carbocycles. The second-order valence-corrected chi connectivity index (χ2v) is 7.56. The molecular weight excluding hydrogens is 376 g/mol. The van der Waals surface area contributed by atoms with Gasteiger partial charge in [-0.2, -0.15) is 5.26 Å². The predicted molar refractivity (Wildman–Crippen MR) is 114 cm³/mol. The van der Waals surface area contributed by atoms with Crippen molar-refractivity contribution in [2.45, 2.75) is 18.2 Å². The van der Waals surface area contributed by atoms with Crippen LogP contribution in [0.5, 0.6) is 5.75 Å². The Morgan fingerprint density at radius 2 is 1.70 bits per heavy atom. The number of hydrogen-bond donors (Lipinski definition) is 3. The Kier molecular flexibility index (Phi) is 4.55. The van der Waals surface area contributed by atoms with Crippen LogP contribution in [-0.4, -0.2) is 13.3 Å². The van der Waals surface area contributed by atoms with E-state index in [1.807, 2.05) is 48.5 Å². The monoisotopic (exact) mass is 398 g/mol. The highest BCUT2D eigenvalue weighted by molar-refractivity contribution is 5.92. The molecule has 0 bridgehead atoms. The zero-order valence-electron chi connectivity index (χ0n) is 16.5. The van der Waals surface area contributed by atoms with Crippen LogP contribution in [0.15, 0.2) is 78.2 Å². The maximum atomic E-state index is 10.0. The fraction of sp³-hybridized carbons (Fsp3) is 0.208. The first-order valence-corrected chi connectivity index (χ1v) is 9.91. The van der Waals surface area contributed by atoms with E-state index in [0.29, 0.717) is 5.57 Å². The van der Waals surface area contributed by atoms with E-state index in [9.17, 15) is 5.26 Å². The summed E-state index contributed by atoms with van der Waals surface area (Å²) in [6.07, 6.45) is -0.349. The third-order valence-electron chi connectivity index (χ3n) is 6.08. The minimum absolute atomic E-state index is 0.0430. The van der Waals surface area contributed by atoms with E-state index >= 15 is 0 Å². The first-order valence-electron chi connectivity index (χ1n) is 9.91. The van der Waals surface area contributed by atoms with Crippen molar-refractivity contribution in [2.24, 2.45) is 11.7 Å². The molecule has 150 valence electrons. The third kappa shape index (κ3) is 2.79. The number of benzene rings is 3. The van der Waals surface area contributed by atoms with Crippen molar-refractivity contribution >= 4 is 10.8 Å². The first kappa shape index (κ1) is 18.5. The van der Waals surface area contributed by atoms with Crippen molar-refractivity contribution in [3.05, 3.63) is 89.3 Å². The van der Waals surface area contributed by atoms with Crippen LogP contribution in [0.3, 0.4) is 0 Å². The molecule has 2 heterocycles. The number of allylic oxidation sites excluding steroid dienone is 1. The maximum absolute atomic E-state index is 10.0. The third-order valence-corrected chi connectivity index (χ3v) is 6.08. The molecule has 30 heavy (non-hydrogen) atoms. The summed E-state index contributed by atoms with van der Waals surface area (Å²) in [6, 6.07) is 24.6. The molecule has 3 aromatic rings. The smallest absolute Gasteiger partial charge is 0.200 e. The highest BCUT2D eigenvalue weighted by atomic mass is 16.5.